The first kappa shape index (κ1) is 27.4. The fourth-order valence-electron chi connectivity index (χ4n) is 4.30. The molecule has 5 rings (SSSR count). The third kappa shape index (κ3) is 6.53. The van der Waals surface area contributed by atoms with E-state index in [0.717, 1.165) is 33.8 Å². The summed E-state index contributed by atoms with van der Waals surface area (Å²) in [4.78, 5) is 2.53. The number of nitrogens with zero attached hydrogens (tertiary/aromatic N) is 1. The summed E-state index contributed by atoms with van der Waals surface area (Å²) in [6.07, 6.45) is 11.1. The molecule has 0 unspecified atom stereocenters. The summed E-state index contributed by atoms with van der Waals surface area (Å²) in [5, 5.41) is 9.73. The fraction of sp³-hybridized carbons (Fsp3) is 0.133. The highest BCUT2D eigenvalue weighted by Gasteiger charge is 2.20. The topological polar surface area (TPSA) is 108 Å². The summed E-state index contributed by atoms with van der Waals surface area (Å²) in [6, 6.07) is 23.2. The maximum absolute atomic E-state index is 12.9. The van der Waals surface area contributed by atoms with Crippen LogP contribution in [0.2, 0.25) is 0 Å². The monoisotopic (exact) mass is 574 g/mol. The van der Waals surface area contributed by atoms with Crippen molar-refractivity contribution in [1.29, 1.82) is 0 Å². The van der Waals surface area contributed by atoms with Crippen molar-refractivity contribution >= 4 is 31.0 Å². The van der Waals surface area contributed by atoms with E-state index >= 15 is 0 Å². The van der Waals surface area contributed by atoms with Gasteiger partial charge < -0.3 is 20.9 Å². The Bertz CT molecular complexity index is 1710. The van der Waals surface area contributed by atoms with Crippen molar-refractivity contribution in [3.05, 3.63) is 132 Å². The van der Waals surface area contributed by atoms with E-state index < -0.39 is 19.7 Å². The molecule has 10 heteroatoms. The zero-order valence-electron chi connectivity index (χ0n) is 21.9. The molecule has 0 amide bonds. The summed E-state index contributed by atoms with van der Waals surface area (Å²) in [5.41, 5.74) is 5.64. The molecule has 2 heterocycles. The van der Waals surface area contributed by atoms with Gasteiger partial charge >= 0.3 is 0 Å². The second-order valence-corrected chi connectivity index (χ2v) is 13.7. The van der Waals surface area contributed by atoms with Crippen LogP contribution in [0.5, 0.6) is 0 Å². The van der Waals surface area contributed by atoms with Gasteiger partial charge in [-0.3, -0.25) is 0 Å². The standard InChI is InChI=1S/C30H30N4O4S2/c1-39(35,36)18-16-31-19-23-7-11-26(12-8-23)34-17-15-24-20-32-21-30(29(24)22-34)33-25-9-13-28(14-10-25)40(37,38)27-5-3-2-4-6-27/h2-15,17,20-22,31-33H,16,18-19H2,1H3. The van der Waals surface area contributed by atoms with Crippen LogP contribution in [-0.4, -0.2) is 35.4 Å². The molecule has 0 saturated heterocycles. The predicted octanol–water partition coefficient (Wildman–Crippen LogP) is 4.31. The van der Waals surface area contributed by atoms with E-state index in [9.17, 15) is 16.8 Å². The van der Waals surface area contributed by atoms with Gasteiger partial charge in [0.2, 0.25) is 9.84 Å². The number of benzene rings is 3. The number of dihydropyridines is 1. The lowest BCUT2D eigenvalue weighted by molar-refractivity contribution is 0.594. The molecule has 0 bridgehead atoms. The van der Waals surface area contributed by atoms with Gasteiger partial charge in [0.25, 0.3) is 0 Å². The number of allylic oxidation sites excluding steroid dienone is 2. The molecule has 2 aliphatic rings. The van der Waals surface area contributed by atoms with Gasteiger partial charge in [0, 0.05) is 66.7 Å². The third-order valence-corrected chi connectivity index (χ3v) is 9.19. The Hall–Kier alpha value is -4.12. The Morgan fingerprint density at radius 1 is 0.825 bits per heavy atom. The Balaban J connectivity index is 1.27. The van der Waals surface area contributed by atoms with Crippen molar-refractivity contribution in [2.75, 3.05) is 28.8 Å². The number of hydrogen-bond acceptors (Lipinski definition) is 8. The van der Waals surface area contributed by atoms with E-state index in [4.69, 9.17) is 0 Å². The van der Waals surface area contributed by atoms with E-state index in [0.29, 0.717) is 13.1 Å². The van der Waals surface area contributed by atoms with E-state index in [2.05, 4.69) is 16.0 Å². The van der Waals surface area contributed by atoms with E-state index in [1.807, 2.05) is 60.0 Å². The molecule has 0 aliphatic carbocycles. The highest BCUT2D eigenvalue weighted by Crippen LogP contribution is 2.31. The van der Waals surface area contributed by atoms with Crippen LogP contribution in [0, 0.1) is 0 Å². The maximum Gasteiger partial charge on any atom is 0.206 e. The van der Waals surface area contributed by atoms with E-state index in [1.54, 1.807) is 54.6 Å². The molecule has 3 aromatic rings. The first-order valence-corrected chi connectivity index (χ1v) is 16.2. The Kier molecular flexibility index (Phi) is 7.92. The van der Waals surface area contributed by atoms with Crippen molar-refractivity contribution < 1.29 is 16.8 Å². The molecular formula is C30H30N4O4S2. The summed E-state index contributed by atoms with van der Waals surface area (Å²) < 4.78 is 48.4. The number of rotatable bonds is 10. The molecule has 3 aromatic carbocycles. The second-order valence-electron chi connectivity index (χ2n) is 9.53. The Labute approximate surface area is 235 Å². The van der Waals surface area contributed by atoms with Crippen molar-refractivity contribution in [2.24, 2.45) is 0 Å². The molecule has 0 spiro atoms. The largest absolute Gasteiger partial charge is 0.365 e. The number of fused-ring (bicyclic) bond motifs is 1. The second kappa shape index (κ2) is 11.5. The highest BCUT2D eigenvalue weighted by molar-refractivity contribution is 7.91. The normalized spacial score (nSPS) is 14.9. The number of hydrogen-bond donors (Lipinski definition) is 3. The lowest BCUT2D eigenvalue weighted by Gasteiger charge is -2.27. The maximum atomic E-state index is 12.9. The summed E-state index contributed by atoms with van der Waals surface area (Å²) in [6.45, 7) is 1.01. The molecule has 0 aromatic heterocycles. The Morgan fingerprint density at radius 3 is 2.23 bits per heavy atom. The quantitative estimate of drug-likeness (QED) is 0.308. The smallest absolute Gasteiger partial charge is 0.206 e. The third-order valence-electron chi connectivity index (χ3n) is 6.46. The first-order chi connectivity index (χ1) is 19.2. The van der Waals surface area contributed by atoms with Gasteiger partial charge in [-0.1, -0.05) is 30.3 Å². The molecular weight excluding hydrogens is 544 g/mol. The van der Waals surface area contributed by atoms with Gasteiger partial charge in [-0.05, 0) is 60.2 Å². The van der Waals surface area contributed by atoms with Crippen LogP contribution in [-0.2, 0) is 26.2 Å². The van der Waals surface area contributed by atoms with Crippen LogP contribution in [0.3, 0.4) is 0 Å². The molecule has 0 radical (unpaired) electrons. The molecule has 206 valence electrons. The summed E-state index contributed by atoms with van der Waals surface area (Å²) in [7, 11) is -6.56. The van der Waals surface area contributed by atoms with Crippen molar-refractivity contribution in [2.45, 2.75) is 16.3 Å². The van der Waals surface area contributed by atoms with E-state index in [-0.39, 0.29) is 15.5 Å². The van der Waals surface area contributed by atoms with Gasteiger partial charge in [-0.25, -0.2) is 16.8 Å². The molecule has 3 N–H and O–H groups in total. The van der Waals surface area contributed by atoms with Crippen LogP contribution in [0.15, 0.2) is 136 Å². The molecule has 40 heavy (non-hydrogen) atoms. The number of anilines is 2. The van der Waals surface area contributed by atoms with Gasteiger partial charge in [-0.2, -0.15) is 0 Å². The zero-order chi connectivity index (χ0) is 28.2. The van der Waals surface area contributed by atoms with Crippen molar-refractivity contribution in [1.82, 2.24) is 10.6 Å². The Morgan fingerprint density at radius 2 is 1.52 bits per heavy atom. The van der Waals surface area contributed by atoms with Crippen LogP contribution in [0.1, 0.15) is 5.56 Å². The number of sulfone groups is 2. The average Bonchev–Trinajstić information content (AvgIpc) is 2.96. The first-order valence-electron chi connectivity index (χ1n) is 12.7. The number of nitrogens with one attached hydrogen (secondary N) is 3. The van der Waals surface area contributed by atoms with Crippen LogP contribution in [0.4, 0.5) is 11.4 Å². The van der Waals surface area contributed by atoms with Crippen LogP contribution >= 0.6 is 0 Å². The van der Waals surface area contributed by atoms with Crippen LogP contribution < -0.4 is 20.9 Å². The lowest BCUT2D eigenvalue weighted by Crippen LogP contribution is -2.22. The average molecular weight is 575 g/mol. The van der Waals surface area contributed by atoms with Gasteiger partial charge in [-0.15, -0.1) is 0 Å². The van der Waals surface area contributed by atoms with Crippen molar-refractivity contribution in [3.8, 4) is 0 Å². The molecule has 0 fully saturated rings. The SMILES string of the molecule is CS(=O)(=O)CCNCc1ccc(N2C=CC3=CNC=C(Nc4ccc(S(=O)(=O)c5ccccc5)cc4)C3=C2)cc1. The molecule has 8 nitrogen and oxygen atoms in total. The minimum absolute atomic E-state index is 0.114. The van der Waals surface area contributed by atoms with Gasteiger partial charge in [0.1, 0.15) is 9.84 Å². The molecule has 0 atom stereocenters. The van der Waals surface area contributed by atoms with Gasteiger partial charge in [0.15, 0.2) is 0 Å². The minimum atomic E-state index is -3.58. The van der Waals surface area contributed by atoms with Gasteiger partial charge in [0.05, 0.1) is 21.2 Å². The summed E-state index contributed by atoms with van der Waals surface area (Å²) >= 11 is 0. The van der Waals surface area contributed by atoms with E-state index in [1.165, 1.54) is 6.26 Å². The molecule has 0 saturated carbocycles. The lowest BCUT2D eigenvalue weighted by atomic mass is 10.00. The minimum Gasteiger partial charge on any atom is -0.365 e. The summed E-state index contributed by atoms with van der Waals surface area (Å²) in [5.74, 6) is 0.114. The molecule has 2 aliphatic heterocycles. The fourth-order valence-corrected chi connectivity index (χ4v) is 6.10. The zero-order valence-corrected chi connectivity index (χ0v) is 23.5. The highest BCUT2D eigenvalue weighted by atomic mass is 32.2. The van der Waals surface area contributed by atoms with Crippen LogP contribution in [0.25, 0.3) is 0 Å². The predicted molar refractivity (Wildman–Crippen MR) is 159 cm³/mol. The van der Waals surface area contributed by atoms with Crippen molar-refractivity contribution in [3.63, 3.8) is 0 Å².